The van der Waals surface area contributed by atoms with Gasteiger partial charge >= 0.3 is 6.03 Å². The van der Waals surface area contributed by atoms with Crippen molar-refractivity contribution in [3.8, 4) is 17.2 Å². The molecular formula is C30H32ClN3O12. The highest BCUT2D eigenvalue weighted by atomic mass is 35.5. The molecule has 0 spiro atoms. The van der Waals surface area contributed by atoms with Gasteiger partial charge in [0.1, 0.15) is 29.0 Å². The first-order valence-electron chi connectivity index (χ1n) is 14.3. The van der Waals surface area contributed by atoms with Gasteiger partial charge in [-0.3, -0.25) is 14.4 Å². The number of nitrogens with zero attached hydrogens (tertiary/aromatic N) is 2. The van der Waals surface area contributed by atoms with Crippen LogP contribution in [0.4, 0.5) is 4.79 Å². The molecule has 2 aromatic carbocycles. The van der Waals surface area contributed by atoms with Crippen LogP contribution >= 0.6 is 11.6 Å². The number of hydrogen-bond donors (Lipinski definition) is 5. The molecule has 0 aromatic heterocycles. The Morgan fingerprint density at radius 3 is 2.50 bits per heavy atom. The Hall–Kier alpha value is -4.15. The van der Waals surface area contributed by atoms with Gasteiger partial charge in [-0.05, 0) is 19.9 Å². The molecule has 2 unspecified atom stereocenters. The zero-order valence-electron chi connectivity index (χ0n) is 25.0. The number of carbonyl (C=O) groups is 4. The van der Waals surface area contributed by atoms with Crippen molar-refractivity contribution in [1.29, 1.82) is 0 Å². The van der Waals surface area contributed by atoms with Gasteiger partial charge in [-0.2, -0.15) is 5.01 Å². The third-order valence-corrected chi connectivity index (χ3v) is 8.86. The van der Waals surface area contributed by atoms with E-state index in [1.54, 1.807) is 0 Å². The van der Waals surface area contributed by atoms with E-state index in [1.165, 1.54) is 32.2 Å². The number of urea groups is 1. The molecule has 15 nitrogen and oxygen atoms in total. The van der Waals surface area contributed by atoms with Crippen LogP contribution in [0.3, 0.4) is 0 Å². The van der Waals surface area contributed by atoms with Crippen LogP contribution in [0.25, 0.3) is 0 Å². The lowest BCUT2D eigenvalue weighted by molar-refractivity contribution is -0.248. The van der Waals surface area contributed by atoms with E-state index in [0.717, 1.165) is 6.92 Å². The molecule has 246 valence electrons. The predicted octanol–water partition coefficient (Wildman–Crippen LogP) is 2.00. The van der Waals surface area contributed by atoms with Crippen LogP contribution in [0.1, 0.15) is 75.8 Å². The number of rotatable bonds is 8. The number of hydrogen-bond acceptors (Lipinski definition) is 13. The van der Waals surface area contributed by atoms with E-state index >= 15 is 0 Å². The van der Waals surface area contributed by atoms with E-state index in [2.05, 4.69) is 10.6 Å². The van der Waals surface area contributed by atoms with E-state index < -0.39 is 95.1 Å². The molecule has 46 heavy (non-hydrogen) atoms. The van der Waals surface area contributed by atoms with Crippen molar-refractivity contribution in [3.05, 3.63) is 56.5 Å². The fourth-order valence-electron chi connectivity index (χ4n) is 6.26. The zero-order valence-corrected chi connectivity index (χ0v) is 25.7. The molecule has 3 aliphatic rings. The number of carbonyl (C=O) groups excluding carboxylic acids is 4. The molecule has 2 aliphatic carbocycles. The first kappa shape index (κ1) is 33.2. The fraction of sp³-hybridized carbons (Fsp3) is 0.467. The van der Waals surface area contributed by atoms with E-state index in [4.69, 9.17) is 25.8 Å². The van der Waals surface area contributed by atoms with Gasteiger partial charge in [0.15, 0.2) is 17.9 Å². The number of Topliss-reactive ketones (excluding diaryl/α,β-unsaturated/α-hetero) is 1. The normalized spacial score (nSPS) is 26.8. The number of nitrogens with one attached hydrogen (secondary N) is 1. The largest absolute Gasteiger partial charge is 0.507 e. The highest BCUT2D eigenvalue weighted by Crippen LogP contribution is 2.52. The minimum Gasteiger partial charge on any atom is -0.507 e. The topological polar surface area (TPSA) is 222 Å². The standard InChI is InChI=1S/C30H32ClN3O12/c1-12-24(36)16(32-29(41)34(33-43)8-7-31)9-19(45-12)46-18-11-30(42,13(2)35)10-15-21(18)28(40)23-22(26(15)38)25(37)14-5-4-6-17(44-3)20(14)27(23)39/h4-6,12,16,18-19,24,36,38,40,42H,7-11H2,1-3H3,(H,32,41)/t12-,16-,18?,19-,24+,30?/m0/s1. The van der Waals surface area contributed by atoms with Crippen molar-refractivity contribution >= 4 is 35.0 Å². The number of amides is 2. The number of aliphatic hydroxyl groups is 2. The molecule has 1 fully saturated rings. The minimum atomic E-state index is -2.12. The number of ketones is 3. The van der Waals surface area contributed by atoms with Crippen molar-refractivity contribution in [1.82, 2.24) is 10.3 Å². The molecule has 1 heterocycles. The van der Waals surface area contributed by atoms with Gasteiger partial charge in [0.05, 0.1) is 53.9 Å². The van der Waals surface area contributed by atoms with E-state index in [0.29, 0.717) is 5.01 Å². The summed E-state index contributed by atoms with van der Waals surface area (Å²) in [6, 6.07) is 2.36. The maximum Gasteiger partial charge on any atom is 0.340 e. The van der Waals surface area contributed by atoms with Crippen LogP contribution in [0.5, 0.6) is 17.2 Å². The number of nitroso groups, excluding NO2 is 1. The van der Waals surface area contributed by atoms with Gasteiger partial charge in [0, 0.05) is 41.8 Å². The molecule has 2 amide bonds. The van der Waals surface area contributed by atoms with Crippen molar-refractivity contribution < 1.29 is 53.8 Å². The number of ether oxygens (including phenoxy) is 3. The van der Waals surface area contributed by atoms with Crippen LogP contribution in [-0.2, 0) is 20.7 Å². The van der Waals surface area contributed by atoms with Gasteiger partial charge in [-0.25, -0.2) is 4.79 Å². The fourth-order valence-corrected chi connectivity index (χ4v) is 6.42. The van der Waals surface area contributed by atoms with Crippen molar-refractivity contribution in [2.45, 2.75) is 69.4 Å². The molecule has 5 rings (SSSR count). The zero-order chi connectivity index (χ0) is 33.7. The lowest BCUT2D eigenvalue weighted by Gasteiger charge is -2.42. The minimum absolute atomic E-state index is 0.0671. The monoisotopic (exact) mass is 661 g/mol. The van der Waals surface area contributed by atoms with Crippen molar-refractivity contribution in [3.63, 3.8) is 0 Å². The Kier molecular flexibility index (Phi) is 9.07. The predicted molar refractivity (Wildman–Crippen MR) is 158 cm³/mol. The summed E-state index contributed by atoms with van der Waals surface area (Å²) in [7, 11) is 1.31. The second kappa shape index (κ2) is 12.6. The summed E-state index contributed by atoms with van der Waals surface area (Å²) in [6.45, 7) is 2.42. The molecule has 16 heteroatoms. The SMILES string of the molecule is COc1cccc2c1C(=O)c1c(O)c3c(c(O)c1C2=O)CC(O)(C(C)=O)CC3O[C@H]1C[C@H](NC(=O)N(CCCl)N=O)[C@H](O)[C@H](C)O1. The number of phenolic OH excluding ortho intramolecular Hbond substituents is 2. The lowest BCUT2D eigenvalue weighted by atomic mass is 9.72. The number of alkyl halides is 1. The first-order chi connectivity index (χ1) is 21.8. The second-order valence-corrected chi connectivity index (χ2v) is 11.8. The molecule has 0 saturated carbocycles. The maximum atomic E-state index is 13.8. The van der Waals surface area contributed by atoms with Gasteiger partial charge in [0.2, 0.25) is 5.78 Å². The van der Waals surface area contributed by atoms with Crippen molar-refractivity contribution in [2.75, 3.05) is 19.5 Å². The average molecular weight is 662 g/mol. The van der Waals surface area contributed by atoms with Crippen LogP contribution in [0.15, 0.2) is 23.5 Å². The summed E-state index contributed by atoms with van der Waals surface area (Å²) in [5.74, 6) is -3.69. The maximum absolute atomic E-state index is 13.8. The van der Waals surface area contributed by atoms with E-state index in [-0.39, 0.29) is 46.8 Å². The second-order valence-electron chi connectivity index (χ2n) is 11.4. The lowest BCUT2D eigenvalue weighted by Crippen LogP contribution is -2.57. The third-order valence-electron chi connectivity index (χ3n) is 8.69. The summed E-state index contributed by atoms with van der Waals surface area (Å²) in [5, 5.41) is 50.8. The molecule has 1 saturated heterocycles. The Morgan fingerprint density at radius 2 is 1.87 bits per heavy atom. The Morgan fingerprint density at radius 1 is 1.17 bits per heavy atom. The molecule has 0 bridgehead atoms. The molecule has 1 aliphatic heterocycles. The number of halogens is 1. The summed E-state index contributed by atoms with van der Waals surface area (Å²) in [5.41, 5.74) is -3.63. The van der Waals surface area contributed by atoms with Gasteiger partial charge in [-0.15, -0.1) is 16.5 Å². The first-order valence-corrected chi connectivity index (χ1v) is 14.9. The number of aliphatic hydroxyl groups excluding tert-OH is 1. The number of fused-ring (bicyclic) bond motifs is 3. The highest BCUT2D eigenvalue weighted by molar-refractivity contribution is 6.31. The van der Waals surface area contributed by atoms with Crippen LogP contribution in [0, 0.1) is 4.91 Å². The van der Waals surface area contributed by atoms with E-state index in [9.17, 15) is 44.5 Å². The van der Waals surface area contributed by atoms with Crippen molar-refractivity contribution in [2.24, 2.45) is 5.29 Å². The summed E-state index contributed by atoms with van der Waals surface area (Å²) < 4.78 is 17.2. The van der Waals surface area contributed by atoms with Gasteiger partial charge < -0.3 is 40.0 Å². The van der Waals surface area contributed by atoms with Crippen LogP contribution in [-0.4, -0.2) is 98.5 Å². The van der Waals surface area contributed by atoms with Gasteiger partial charge in [-0.1, -0.05) is 12.1 Å². The summed E-state index contributed by atoms with van der Waals surface area (Å²) >= 11 is 5.62. The highest BCUT2D eigenvalue weighted by Gasteiger charge is 2.49. The Balaban J connectivity index is 1.56. The number of methoxy groups -OCH3 is 1. The number of phenols is 2. The van der Waals surface area contributed by atoms with Crippen LogP contribution < -0.4 is 10.1 Å². The molecular weight excluding hydrogens is 630 g/mol. The third kappa shape index (κ3) is 5.47. The number of aromatic hydroxyl groups is 2. The quantitative estimate of drug-likeness (QED) is 0.101. The molecule has 2 aromatic rings. The van der Waals surface area contributed by atoms with Crippen LogP contribution in [0.2, 0.25) is 0 Å². The molecule has 5 N–H and O–H groups in total. The average Bonchev–Trinajstić information content (AvgIpc) is 3.01. The molecule has 6 atom stereocenters. The summed E-state index contributed by atoms with van der Waals surface area (Å²) in [4.78, 5) is 63.8. The van der Waals surface area contributed by atoms with E-state index in [1.807, 2.05) is 0 Å². The summed E-state index contributed by atoms with van der Waals surface area (Å²) in [6.07, 6.45) is -6.03. The smallest absolute Gasteiger partial charge is 0.340 e. The Labute approximate surface area is 266 Å². The Bertz CT molecular complexity index is 1630. The molecule has 0 radical (unpaired) electrons. The van der Waals surface area contributed by atoms with Gasteiger partial charge in [0.25, 0.3) is 0 Å². The number of benzene rings is 2.